The molecule has 1 unspecified atom stereocenters. The van der Waals surface area contributed by atoms with Crippen LogP contribution in [0.1, 0.15) is 21.9 Å². The zero-order valence-corrected chi connectivity index (χ0v) is 18.6. The van der Waals surface area contributed by atoms with Gasteiger partial charge in [-0.2, -0.15) is 0 Å². The number of piperazine rings is 1. The van der Waals surface area contributed by atoms with Crippen LogP contribution in [0, 0.1) is 6.92 Å². The van der Waals surface area contributed by atoms with Crippen LogP contribution in [0.3, 0.4) is 0 Å². The lowest BCUT2D eigenvalue weighted by molar-refractivity contribution is 0.0713. The van der Waals surface area contributed by atoms with Gasteiger partial charge >= 0.3 is 0 Å². The van der Waals surface area contributed by atoms with Crippen LogP contribution in [0.25, 0.3) is 0 Å². The van der Waals surface area contributed by atoms with Crippen molar-refractivity contribution in [1.29, 1.82) is 0 Å². The fraction of sp³-hybridized carbons (Fsp3) is 0.292. The summed E-state index contributed by atoms with van der Waals surface area (Å²) in [4.78, 5) is 17.7. The number of aryl methyl sites for hydroxylation is 1. The van der Waals surface area contributed by atoms with Crippen LogP contribution in [-0.2, 0) is 16.6 Å². The molecule has 1 atom stereocenters. The highest BCUT2D eigenvalue weighted by Gasteiger charge is 2.25. The van der Waals surface area contributed by atoms with Gasteiger partial charge in [0.2, 0.25) is 0 Å². The van der Waals surface area contributed by atoms with E-state index >= 15 is 0 Å². The standard InChI is InChI=1S/C24H26N2O4S/c1-18-5-3-8-22(15-18)31(28)17-21-9-10-23(30-21)24(27)26-13-11-25(12-14-26)19-6-4-7-20(16-19)29-2/h3-10,15-16H,11-14,17H2,1-2H3. The minimum Gasteiger partial charge on any atom is -0.497 e. The summed E-state index contributed by atoms with van der Waals surface area (Å²) in [6, 6.07) is 19.0. The maximum atomic E-state index is 12.9. The van der Waals surface area contributed by atoms with Crippen LogP contribution < -0.4 is 9.64 Å². The van der Waals surface area contributed by atoms with Crippen molar-refractivity contribution in [3.63, 3.8) is 0 Å². The SMILES string of the molecule is COc1cccc(N2CCN(C(=O)c3ccc(CS(=O)c4cccc(C)c4)o3)CC2)c1. The fourth-order valence-corrected chi connectivity index (χ4v) is 4.80. The van der Waals surface area contributed by atoms with Gasteiger partial charge in [-0.25, -0.2) is 0 Å². The van der Waals surface area contributed by atoms with E-state index in [1.165, 1.54) is 0 Å². The van der Waals surface area contributed by atoms with E-state index in [0.29, 0.717) is 24.6 Å². The van der Waals surface area contributed by atoms with Crippen molar-refractivity contribution >= 4 is 22.4 Å². The number of furan rings is 1. The molecule has 31 heavy (non-hydrogen) atoms. The lowest BCUT2D eigenvalue weighted by Gasteiger charge is -2.35. The molecule has 1 saturated heterocycles. The van der Waals surface area contributed by atoms with E-state index in [9.17, 15) is 9.00 Å². The van der Waals surface area contributed by atoms with Crippen LogP contribution in [0.5, 0.6) is 5.75 Å². The molecular weight excluding hydrogens is 412 g/mol. The molecule has 1 fully saturated rings. The molecule has 0 aliphatic carbocycles. The number of methoxy groups -OCH3 is 1. The van der Waals surface area contributed by atoms with E-state index in [0.717, 1.165) is 35.0 Å². The van der Waals surface area contributed by atoms with Crippen LogP contribution in [0.15, 0.2) is 70.0 Å². The molecule has 2 aromatic carbocycles. The number of ether oxygens (including phenoxy) is 1. The smallest absolute Gasteiger partial charge is 0.289 e. The molecule has 0 spiro atoms. The second kappa shape index (κ2) is 9.39. The highest BCUT2D eigenvalue weighted by Crippen LogP contribution is 2.23. The molecule has 6 nitrogen and oxygen atoms in total. The van der Waals surface area contributed by atoms with Crippen molar-refractivity contribution < 1.29 is 18.2 Å². The van der Waals surface area contributed by atoms with E-state index in [1.54, 1.807) is 24.1 Å². The number of hydrogen-bond donors (Lipinski definition) is 0. The summed E-state index contributed by atoms with van der Waals surface area (Å²) in [6.07, 6.45) is 0. The Kier molecular flexibility index (Phi) is 6.42. The zero-order chi connectivity index (χ0) is 21.8. The van der Waals surface area contributed by atoms with Crippen LogP contribution >= 0.6 is 0 Å². The number of benzene rings is 2. The molecule has 2 heterocycles. The molecular formula is C24H26N2O4S. The molecule has 1 amide bonds. The van der Waals surface area contributed by atoms with Gasteiger partial charge in [0.25, 0.3) is 5.91 Å². The van der Waals surface area contributed by atoms with Crippen LogP contribution in [-0.4, -0.2) is 48.3 Å². The predicted octanol–water partition coefficient (Wildman–Crippen LogP) is 3.87. The van der Waals surface area contributed by atoms with E-state index in [4.69, 9.17) is 9.15 Å². The minimum absolute atomic E-state index is 0.127. The van der Waals surface area contributed by atoms with Gasteiger partial charge in [0.15, 0.2) is 5.76 Å². The normalized spacial score (nSPS) is 15.0. The van der Waals surface area contributed by atoms with Crippen molar-refractivity contribution in [2.24, 2.45) is 0 Å². The molecule has 1 aromatic heterocycles. The van der Waals surface area contributed by atoms with Crippen molar-refractivity contribution in [3.05, 3.63) is 77.7 Å². The Morgan fingerprint density at radius 3 is 2.55 bits per heavy atom. The van der Waals surface area contributed by atoms with Crippen LogP contribution in [0.4, 0.5) is 5.69 Å². The van der Waals surface area contributed by atoms with Crippen molar-refractivity contribution in [2.75, 3.05) is 38.2 Å². The largest absolute Gasteiger partial charge is 0.497 e. The summed E-state index contributed by atoms with van der Waals surface area (Å²) in [5.41, 5.74) is 2.15. The third kappa shape index (κ3) is 4.99. The molecule has 4 rings (SSSR count). The van der Waals surface area contributed by atoms with E-state index in [1.807, 2.05) is 55.5 Å². The number of nitrogens with zero attached hydrogens (tertiary/aromatic N) is 2. The van der Waals surface area contributed by atoms with Crippen molar-refractivity contribution in [1.82, 2.24) is 4.90 Å². The van der Waals surface area contributed by atoms with Gasteiger partial charge in [-0.05, 0) is 48.9 Å². The first kappa shape index (κ1) is 21.2. The molecule has 7 heteroatoms. The van der Waals surface area contributed by atoms with E-state index < -0.39 is 10.8 Å². The third-order valence-electron chi connectivity index (χ3n) is 5.38. The second-order valence-electron chi connectivity index (χ2n) is 7.55. The molecule has 0 saturated carbocycles. The van der Waals surface area contributed by atoms with Crippen molar-refractivity contribution in [2.45, 2.75) is 17.6 Å². The summed E-state index contributed by atoms with van der Waals surface area (Å²) < 4.78 is 23.7. The summed E-state index contributed by atoms with van der Waals surface area (Å²) in [5, 5.41) is 0. The molecule has 0 N–H and O–H groups in total. The van der Waals surface area contributed by atoms with E-state index in [-0.39, 0.29) is 11.7 Å². The minimum atomic E-state index is -1.21. The lowest BCUT2D eigenvalue weighted by Crippen LogP contribution is -2.48. The fourth-order valence-electron chi connectivity index (χ4n) is 3.67. The third-order valence-corrected chi connectivity index (χ3v) is 6.71. The highest BCUT2D eigenvalue weighted by atomic mass is 32.2. The first-order valence-electron chi connectivity index (χ1n) is 10.3. The number of carbonyl (C=O) groups excluding carboxylic acids is 1. The summed E-state index contributed by atoms with van der Waals surface area (Å²) in [5.74, 6) is 1.80. The van der Waals surface area contributed by atoms with Gasteiger partial charge in [0.1, 0.15) is 11.5 Å². The number of rotatable bonds is 6. The van der Waals surface area contributed by atoms with Gasteiger partial charge in [-0.15, -0.1) is 0 Å². The summed E-state index contributed by atoms with van der Waals surface area (Å²) in [6.45, 7) is 4.68. The Hall–Kier alpha value is -3.06. The van der Waals surface area contributed by atoms with Crippen LogP contribution in [0.2, 0.25) is 0 Å². The van der Waals surface area contributed by atoms with Gasteiger partial charge in [0, 0.05) is 42.8 Å². The lowest BCUT2D eigenvalue weighted by atomic mass is 10.2. The van der Waals surface area contributed by atoms with Gasteiger partial charge in [-0.1, -0.05) is 18.2 Å². The Bertz CT molecular complexity index is 1090. The number of carbonyl (C=O) groups is 1. The molecule has 1 aliphatic heterocycles. The maximum absolute atomic E-state index is 12.9. The first-order valence-corrected chi connectivity index (χ1v) is 11.6. The van der Waals surface area contributed by atoms with E-state index in [2.05, 4.69) is 4.90 Å². The Morgan fingerprint density at radius 2 is 1.81 bits per heavy atom. The average molecular weight is 439 g/mol. The van der Waals surface area contributed by atoms with Gasteiger partial charge < -0.3 is 19.0 Å². The number of anilines is 1. The number of amides is 1. The quantitative estimate of drug-likeness (QED) is 0.585. The summed E-state index contributed by atoms with van der Waals surface area (Å²) in [7, 11) is 0.443. The Morgan fingerprint density at radius 1 is 1.03 bits per heavy atom. The molecule has 0 bridgehead atoms. The average Bonchev–Trinajstić information content (AvgIpc) is 3.27. The first-order chi connectivity index (χ1) is 15.0. The monoisotopic (exact) mass is 438 g/mol. The molecule has 3 aromatic rings. The highest BCUT2D eigenvalue weighted by molar-refractivity contribution is 7.84. The van der Waals surface area contributed by atoms with Gasteiger partial charge in [-0.3, -0.25) is 9.00 Å². The Labute approximate surface area is 184 Å². The Balaban J connectivity index is 1.35. The zero-order valence-electron chi connectivity index (χ0n) is 17.7. The van der Waals surface area contributed by atoms with Gasteiger partial charge in [0.05, 0.1) is 23.7 Å². The van der Waals surface area contributed by atoms with Crippen molar-refractivity contribution in [3.8, 4) is 5.75 Å². The number of hydrogen-bond acceptors (Lipinski definition) is 5. The predicted molar refractivity (Wildman–Crippen MR) is 121 cm³/mol. The molecule has 0 radical (unpaired) electrons. The molecule has 1 aliphatic rings. The topological polar surface area (TPSA) is 63.0 Å². The molecule has 162 valence electrons. The second-order valence-corrected chi connectivity index (χ2v) is 9.00. The summed E-state index contributed by atoms with van der Waals surface area (Å²) >= 11 is 0. The maximum Gasteiger partial charge on any atom is 0.289 e.